The fraction of sp³-hybridized carbons (Fsp3) is 0.467. The summed E-state index contributed by atoms with van der Waals surface area (Å²) in [6.07, 6.45) is 0. The smallest absolute Gasteiger partial charge is 0.317 e. The summed E-state index contributed by atoms with van der Waals surface area (Å²) in [6, 6.07) is 7.11. The fourth-order valence-electron chi connectivity index (χ4n) is 1.67. The first-order chi connectivity index (χ1) is 9.77. The SMILES string of the molecule is COc1ccccc1CN(C)C(=O)NCC(C)(C)C(=O)O. The second-order valence-corrected chi connectivity index (χ2v) is 5.52. The predicted molar refractivity (Wildman–Crippen MR) is 79.3 cm³/mol. The summed E-state index contributed by atoms with van der Waals surface area (Å²) in [4.78, 5) is 24.5. The Morgan fingerprint density at radius 3 is 2.52 bits per heavy atom. The number of carbonyl (C=O) groups excluding carboxylic acids is 1. The van der Waals surface area contributed by atoms with E-state index < -0.39 is 11.4 Å². The van der Waals surface area contributed by atoms with Gasteiger partial charge in [-0.2, -0.15) is 0 Å². The number of nitrogens with one attached hydrogen (secondary N) is 1. The molecule has 0 fully saturated rings. The van der Waals surface area contributed by atoms with E-state index in [9.17, 15) is 9.59 Å². The van der Waals surface area contributed by atoms with Crippen molar-refractivity contribution in [2.75, 3.05) is 20.7 Å². The molecule has 0 aromatic heterocycles. The number of rotatable bonds is 6. The Morgan fingerprint density at radius 2 is 1.95 bits per heavy atom. The van der Waals surface area contributed by atoms with Gasteiger partial charge in [0, 0.05) is 19.2 Å². The molecule has 1 rings (SSSR count). The molecule has 0 aliphatic heterocycles. The number of urea groups is 1. The first-order valence-electron chi connectivity index (χ1n) is 6.62. The first kappa shape index (κ1) is 16.8. The number of nitrogens with zero attached hydrogens (tertiary/aromatic N) is 1. The van der Waals surface area contributed by atoms with Crippen molar-refractivity contribution in [3.8, 4) is 5.75 Å². The van der Waals surface area contributed by atoms with Crippen LogP contribution < -0.4 is 10.1 Å². The number of amides is 2. The van der Waals surface area contributed by atoms with Crippen molar-refractivity contribution in [3.63, 3.8) is 0 Å². The van der Waals surface area contributed by atoms with Gasteiger partial charge in [0.15, 0.2) is 0 Å². The van der Waals surface area contributed by atoms with Crippen molar-refractivity contribution >= 4 is 12.0 Å². The Balaban J connectivity index is 2.61. The van der Waals surface area contributed by atoms with Crippen LogP contribution in [0.25, 0.3) is 0 Å². The molecule has 0 spiro atoms. The minimum absolute atomic E-state index is 0.0669. The lowest BCUT2D eigenvalue weighted by Gasteiger charge is -2.23. The van der Waals surface area contributed by atoms with Crippen molar-refractivity contribution in [1.29, 1.82) is 0 Å². The highest BCUT2D eigenvalue weighted by Crippen LogP contribution is 2.19. The molecule has 1 aromatic carbocycles. The molecule has 21 heavy (non-hydrogen) atoms. The molecule has 0 atom stereocenters. The van der Waals surface area contributed by atoms with Gasteiger partial charge in [-0.25, -0.2) is 4.79 Å². The maximum absolute atomic E-state index is 12.0. The molecule has 2 N–H and O–H groups in total. The minimum atomic E-state index is -0.999. The first-order valence-corrected chi connectivity index (χ1v) is 6.62. The predicted octanol–water partition coefficient (Wildman–Crippen LogP) is 1.95. The number of methoxy groups -OCH3 is 1. The van der Waals surface area contributed by atoms with Crippen LogP contribution in [-0.2, 0) is 11.3 Å². The second-order valence-electron chi connectivity index (χ2n) is 5.52. The third kappa shape index (κ3) is 4.66. The van der Waals surface area contributed by atoms with E-state index in [0.29, 0.717) is 12.3 Å². The number of benzene rings is 1. The van der Waals surface area contributed by atoms with Crippen LogP contribution >= 0.6 is 0 Å². The van der Waals surface area contributed by atoms with E-state index in [1.165, 1.54) is 4.90 Å². The third-order valence-corrected chi connectivity index (χ3v) is 3.21. The van der Waals surface area contributed by atoms with Crippen LogP contribution in [0.4, 0.5) is 4.79 Å². The van der Waals surface area contributed by atoms with Crippen molar-refractivity contribution in [3.05, 3.63) is 29.8 Å². The van der Waals surface area contributed by atoms with Gasteiger partial charge in [-0.15, -0.1) is 0 Å². The maximum atomic E-state index is 12.0. The molecule has 6 nitrogen and oxygen atoms in total. The van der Waals surface area contributed by atoms with Gasteiger partial charge in [0.25, 0.3) is 0 Å². The summed E-state index contributed by atoms with van der Waals surface area (Å²) in [7, 11) is 3.23. The van der Waals surface area contributed by atoms with Crippen molar-refractivity contribution in [2.24, 2.45) is 5.41 Å². The van der Waals surface area contributed by atoms with Gasteiger partial charge in [-0.1, -0.05) is 18.2 Å². The van der Waals surface area contributed by atoms with Crippen LogP contribution in [0, 0.1) is 5.41 Å². The van der Waals surface area contributed by atoms with Crippen LogP contribution in [0.3, 0.4) is 0 Å². The molecule has 116 valence electrons. The summed E-state index contributed by atoms with van der Waals surface area (Å²) in [5.41, 5.74) is -0.115. The van der Waals surface area contributed by atoms with Gasteiger partial charge in [0.1, 0.15) is 5.75 Å². The molecule has 0 unspecified atom stereocenters. The van der Waals surface area contributed by atoms with Crippen LogP contribution in [0.2, 0.25) is 0 Å². The maximum Gasteiger partial charge on any atom is 0.317 e. The van der Waals surface area contributed by atoms with Gasteiger partial charge in [0.2, 0.25) is 0 Å². The summed E-state index contributed by atoms with van der Waals surface area (Å²) >= 11 is 0. The van der Waals surface area contributed by atoms with Gasteiger partial charge in [0.05, 0.1) is 19.1 Å². The molecule has 1 aromatic rings. The highest BCUT2D eigenvalue weighted by Gasteiger charge is 2.28. The van der Waals surface area contributed by atoms with E-state index in [4.69, 9.17) is 9.84 Å². The normalized spacial score (nSPS) is 10.9. The number of aliphatic carboxylic acids is 1. The van der Waals surface area contributed by atoms with Gasteiger partial charge < -0.3 is 20.1 Å². The number of ether oxygens (including phenoxy) is 1. The largest absolute Gasteiger partial charge is 0.496 e. The summed E-state index contributed by atoms with van der Waals surface area (Å²) in [6.45, 7) is 3.58. The van der Waals surface area contributed by atoms with Gasteiger partial charge >= 0.3 is 12.0 Å². The van der Waals surface area contributed by atoms with Crippen LogP contribution in [-0.4, -0.2) is 42.7 Å². The number of carboxylic acid groups (broad SMARTS) is 1. The molecule has 6 heteroatoms. The molecule has 0 bridgehead atoms. The number of hydrogen-bond donors (Lipinski definition) is 2. The second kappa shape index (κ2) is 6.97. The molecule has 0 radical (unpaired) electrons. The molecular formula is C15H22N2O4. The van der Waals surface area contributed by atoms with Crippen molar-refractivity contribution < 1.29 is 19.4 Å². The Bertz CT molecular complexity index is 514. The van der Waals surface area contributed by atoms with Crippen LogP contribution in [0.1, 0.15) is 19.4 Å². The highest BCUT2D eigenvalue weighted by atomic mass is 16.5. The lowest BCUT2D eigenvalue weighted by atomic mass is 9.94. The number of carboxylic acids is 1. The van der Waals surface area contributed by atoms with E-state index >= 15 is 0 Å². The van der Waals surface area contributed by atoms with E-state index in [0.717, 1.165) is 5.56 Å². The molecule has 0 saturated carbocycles. The van der Waals surface area contributed by atoms with E-state index in [-0.39, 0.29) is 12.6 Å². The molecule has 2 amide bonds. The molecule has 0 heterocycles. The van der Waals surface area contributed by atoms with Crippen molar-refractivity contribution in [2.45, 2.75) is 20.4 Å². The quantitative estimate of drug-likeness (QED) is 0.840. The molecule has 0 aliphatic carbocycles. The van der Waals surface area contributed by atoms with E-state index in [2.05, 4.69) is 5.32 Å². The summed E-state index contributed by atoms with van der Waals surface area (Å²) in [5, 5.41) is 11.6. The number of carbonyl (C=O) groups is 2. The Hall–Kier alpha value is -2.24. The molecule has 0 aliphatic rings. The van der Waals surface area contributed by atoms with Gasteiger partial charge in [-0.05, 0) is 19.9 Å². The highest BCUT2D eigenvalue weighted by molar-refractivity contribution is 5.77. The number of para-hydroxylation sites is 1. The van der Waals surface area contributed by atoms with Crippen LogP contribution in [0.5, 0.6) is 5.75 Å². The lowest BCUT2D eigenvalue weighted by molar-refractivity contribution is -0.146. The Labute approximate surface area is 124 Å². The Kier molecular flexibility index (Phi) is 5.58. The van der Waals surface area contributed by atoms with Crippen LogP contribution in [0.15, 0.2) is 24.3 Å². The average Bonchev–Trinajstić information content (AvgIpc) is 2.45. The average molecular weight is 294 g/mol. The number of hydrogen-bond acceptors (Lipinski definition) is 3. The fourth-order valence-corrected chi connectivity index (χ4v) is 1.67. The van der Waals surface area contributed by atoms with Gasteiger partial charge in [-0.3, -0.25) is 4.79 Å². The zero-order valence-electron chi connectivity index (χ0n) is 12.8. The lowest BCUT2D eigenvalue weighted by Crippen LogP contribution is -2.44. The summed E-state index contributed by atoms with van der Waals surface area (Å²) < 4.78 is 5.24. The van der Waals surface area contributed by atoms with Crippen molar-refractivity contribution in [1.82, 2.24) is 10.2 Å². The minimum Gasteiger partial charge on any atom is -0.496 e. The molecular weight excluding hydrogens is 272 g/mol. The monoisotopic (exact) mass is 294 g/mol. The Morgan fingerprint density at radius 1 is 1.33 bits per heavy atom. The third-order valence-electron chi connectivity index (χ3n) is 3.21. The van der Waals surface area contributed by atoms with E-state index in [1.54, 1.807) is 28.0 Å². The topological polar surface area (TPSA) is 78.9 Å². The zero-order chi connectivity index (χ0) is 16.0. The van der Waals surface area contributed by atoms with E-state index in [1.807, 2.05) is 24.3 Å². The zero-order valence-corrected chi connectivity index (χ0v) is 12.8. The standard InChI is InChI=1S/C15H22N2O4/c1-15(2,13(18)19)10-16-14(20)17(3)9-11-7-5-6-8-12(11)21-4/h5-8H,9-10H2,1-4H3,(H,16,20)(H,18,19). The summed E-state index contributed by atoms with van der Waals surface area (Å²) in [5.74, 6) is -0.238. The molecule has 0 saturated heterocycles.